The highest BCUT2D eigenvalue weighted by atomic mass is 79.9. The highest BCUT2D eigenvalue weighted by molar-refractivity contribution is 9.10. The van der Waals surface area contributed by atoms with Gasteiger partial charge in [0.1, 0.15) is 12.6 Å². The van der Waals surface area contributed by atoms with Crippen LogP contribution in [0.25, 0.3) is 0 Å². The maximum Gasteiger partial charge on any atom is 0.244 e. The van der Waals surface area contributed by atoms with Crippen molar-refractivity contribution in [2.24, 2.45) is 0 Å². The number of carbonyl (C=O) groups excluding carboxylic acids is 2. The molecule has 0 saturated carbocycles. The summed E-state index contributed by atoms with van der Waals surface area (Å²) in [5.74, 6) is -0.780. The Kier molecular flexibility index (Phi) is 10.2. The van der Waals surface area contributed by atoms with Gasteiger partial charge in [0.25, 0.3) is 0 Å². The molecule has 0 saturated heterocycles. The Morgan fingerprint density at radius 2 is 1.55 bits per heavy atom. The third-order valence-corrected chi connectivity index (χ3v) is 7.99. The summed E-state index contributed by atoms with van der Waals surface area (Å²) in [4.78, 5) is 29.4. The number of anilines is 1. The molecule has 0 heterocycles. The molecule has 1 N–H and O–H groups in total. The van der Waals surface area contributed by atoms with Crippen molar-refractivity contribution >= 4 is 43.5 Å². The standard InChI is InChI=1S/C31H38BrN3O4S/c1-22-12-17-27(23(2)18-22)35(40(6,38)39)21-29(36)34(20-25-13-15-26(32)16-14-25)28(30(37)33-31(3,4)5)19-24-10-8-7-9-11-24/h7-18,28H,19-21H2,1-6H3,(H,33,37)/t28-/m0/s1. The molecular formula is C31H38BrN3O4S. The normalized spacial score (nSPS) is 12.5. The van der Waals surface area contributed by atoms with E-state index < -0.39 is 34.1 Å². The predicted octanol–water partition coefficient (Wildman–Crippen LogP) is 5.39. The van der Waals surface area contributed by atoms with Gasteiger partial charge < -0.3 is 10.2 Å². The van der Waals surface area contributed by atoms with E-state index in [-0.39, 0.29) is 18.9 Å². The van der Waals surface area contributed by atoms with Crippen LogP contribution in [0.15, 0.2) is 77.3 Å². The molecule has 0 spiro atoms. The molecule has 2 amide bonds. The van der Waals surface area contributed by atoms with E-state index in [1.807, 2.05) is 101 Å². The Labute approximate surface area is 246 Å². The molecule has 214 valence electrons. The van der Waals surface area contributed by atoms with Gasteiger partial charge in [-0.15, -0.1) is 0 Å². The van der Waals surface area contributed by atoms with Gasteiger partial charge in [-0.3, -0.25) is 13.9 Å². The lowest BCUT2D eigenvalue weighted by molar-refractivity contribution is -0.140. The van der Waals surface area contributed by atoms with Crippen LogP contribution in [-0.2, 0) is 32.6 Å². The zero-order valence-corrected chi connectivity index (χ0v) is 26.3. The third kappa shape index (κ3) is 8.93. The summed E-state index contributed by atoms with van der Waals surface area (Å²) in [5, 5.41) is 3.03. The van der Waals surface area contributed by atoms with Crippen LogP contribution in [0.1, 0.15) is 43.0 Å². The molecule has 0 fully saturated rings. The fourth-order valence-corrected chi connectivity index (χ4v) is 5.64. The highest BCUT2D eigenvalue weighted by Crippen LogP contribution is 2.25. The van der Waals surface area contributed by atoms with Crippen LogP contribution in [0.4, 0.5) is 5.69 Å². The number of benzene rings is 3. The summed E-state index contributed by atoms with van der Waals surface area (Å²) in [7, 11) is -3.81. The first-order chi connectivity index (χ1) is 18.6. The lowest BCUT2D eigenvalue weighted by Crippen LogP contribution is -2.56. The Morgan fingerprint density at radius 1 is 0.925 bits per heavy atom. The van der Waals surface area contributed by atoms with Gasteiger partial charge in [0.15, 0.2) is 0 Å². The van der Waals surface area contributed by atoms with Crippen LogP contribution in [0.3, 0.4) is 0 Å². The topological polar surface area (TPSA) is 86.8 Å². The number of rotatable bonds is 10. The number of carbonyl (C=O) groups is 2. The number of hydrogen-bond donors (Lipinski definition) is 1. The molecular weight excluding hydrogens is 590 g/mol. The first-order valence-electron chi connectivity index (χ1n) is 13.1. The summed E-state index contributed by atoms with van der Waals surface area (Å²) >= 11 is 3.44. The van der Waals surface area contributed by atoms with Crippen LogP contribution in [-0.4, -0.2) is 49.5 Å². The summed E-state index contributed by atoms with van der Waals surface area (Å²) < 4.78 is 28.0. The van der Waals surface area contributed by atoms with E-state index in [0.717, 1.165) is 37.3 Å². The van der Waals surface area contributed by atoms with Gasteiger partial charge in [-0.2, -0.15) is 0 Å². The van der Waals surface area contributed by atoms with E-state index >= 15 is 0 Å². The molecule has 0 aliphatic carbocycles. The van der Waals surface area contributed by atoms with Crippen LogP contribution >= 0.6 is 15.9 Å². The van der Waals surface area contributed by atoms with Gasteiger partial charge in [-0.25, -0.2) is 8.42 Å². The first-order valence-corrected chi connectivity index (χ1v) is 15.7. The zero-order valence-electron chi connectivity index (χ0n) is 23.9. The molecule has 0 radical (unpaired) electrons. The Morgan fingerprint density at radius 3 is 2.10 bits per heavy atom. The predicted molar refractivity (Wildman–Crippen MR) is 165 cm³/mol. The van der Waals surface area contributed by atoms with Crippen LogP contribution in [0, 0.1) is 13.8 Å². The SMILES string of the molecule is Cc1ccc(N(CC(=O)N(Cc2ccc(Br)cc2)[C@@H](Cc2ccccc2)C(=O)NC(C)(C)C)S(C)(=O)=O)c(C)c1. The van der Waals surface area contributed by atoms with Crippen molar-refractivity contribution in [3.05, 3.63) is 99.5 Å². The summed E-state index contributed by atoms with van der Waals surface area (Å²) in [6.45, 7) is 9.10. The summed E-state index contributed by atoms with van der Waals surface area (Å²) in [5.41, 5.74) is 3.33. The van der Waals surface area contributed by atoms with Crippen LogP contribution in [0.5, 0.6) is 0 Å². The molecule has 1 atom stereocenters. The third-order valence-electron chi connectivity index (χ3n) is 6.34. The van der Waals surface area contributed by atoms with E-state index in [1.54, 1.807) is 6.07 Å². The fraction of sp³-hybridized carbons (Fsp3) is 0.355. The van der Waals surface area contributed by atoms with Crippen LogP contribution in [0.2, 0.25) is 0 Å². The molecule has 3 aromatic carbocycles. The maximum absolute atomic E-state index is 14.2. The van der Waals surface area contributed by atoms with Gasteiger partial charge in [-0.05, 0) is 69.5 Å². The lowest BCUT2D eigenvalue weighted by Gasteiger charge is -2.35. The Bertz CT molecular complexity index is 1440. The van der Waals surface area contributed by atoms with Gasteiger partial charge in [0.05, 0.1) is 11.9 Å². The number of sulfonamides is 1. The fourth-order valence-electron chi connectivity index (χ4n) is 4.47. The van der Waals surface area contributed by atoms with Crippen molar-refractivity contribution in [1.29, 1.82) is 0 Å². The second-order valence-corrected chi connectivity index (χ2v) is 14.0. The van der Waals surface area contributed by atoms with Gasteiger partial charge in [0.2, 0.25) is 21.8 Å². The first kappa shape index (κ1) is 31.4. The number of nitrogens with one attached hydrogen (secondary N) is 1. The lowest BCUT2D eigenvalue weighted by atomic mass is 10.0. The van der Waals surface area contributed by atoms with Crippen LogP contribution < -0.4 is 9.62 Å². The largest absolute Gasteiger partial charge is 0.350 e. The van der Waals surface area contributed by atoms with Crippen molar-refractivity contribution in [2.45, 2.75) is 59.2 Å². The van der Waals surface area contributed by atoms with Crippen molar-refractivity contribution < 1.29 is 18.0 Å². The van der Waals surface area contributed by atoms with Crippen molar-refractivity contribution in [3.63, 3.8) is 0 Å². The Balaban J connectivity index is 2.09. The second kappa shape index (κ2) is 13.0. The second-order valence-electron chi connectivity index (χ2n) is 11.2. The maximum atomic E-state index is 14.2. The smallest absolute Gasteiger partial charge is 0.244 e. The van der Waals surface area contributed by atoms with Crippen molar-refractivity contribution in [3.8, 4) is 0 Å². The highest BCUT2D eigenvalue weighted by Gasteiger charge is 2.34. The molecule has 7 nitrogen and oxygen atoms in total. The minimum Gasteiger partial charge on any atom is -0.350 e. The molecule has 0 aliphatic rings. The molecule has 0 aliphatic heterocycles. The van der Waals surface area contributed by atoms with Crippen molar-refractivity contribution in [2.75, 3.05) is 17.1 Å². The van der Waals surface area contributed by atoms with E-state index in [0.29, 0.717) is 5.69 Å². The van der Waals surface area contributed by atoms with Crippen molar-refractivity contribution in [1.82, 2.24) is 10.2 Å². The quantitative estimate of drug-likeness (QED) is 0.327. The summed E-state index contributed by atoms with van der Waals surface area (Å²) in [6.07, 6.45) is 1.36. The molecule has 0 aromatic heterocycles. The minimum atomic E-state index is -3.81. The number of nitrogens with zero attached hydrogens (tertiary/aromatic N) is 2. The molecule has 40 heavy (non-hydrogen) atoms. The molecule has 0 unspecified atom stereocenters. The number of halogens is 1. The zero-order chi connectivity index (χ0) is 29.7. The minimum absolute atomic E-state index is 0.131. The molecule has 3 rings (SSSR count). The van der Waals surface area contributed by atoms with E-state index in [1.165, 1.54) is 4.90 Å². The Hall–Kier alpha value is -3.17. The van der Waals surface area contributed by atoms with E-state index in [4.69, 9.17) is 0 Å². The molecule has 3 aromatic rings. The monoisotopic (exact) mass is 627 g/mol. The summed E-state index contributed by atoms with van der Waals surface area (Å²) in [6, 6.07) is 21.5. The average Bonchev–Trinajstić information content (AvgIpc) is 2.85. The number of hydrogen-bond acceptors (Lipinski definition) is 4. The molecule has 0 bridgehead atoms. The van der Waals surface area contributed by atoms with Gasteiger partial charge in [0, 0.05) is 23.0 Å². The van der Waals surface area contributed by atoms with Gasteiger partial charge >= 0.3 is 0 Å². The van der Waals surface area contributed by atoms with E-state index in [2.05, 4.69) is 21.2 Å². The van der Waals surface area contributed by atoms with E-state index in [9.17, 15) is 18.0 Å². The number of aryl methyl sites for hydroxylation is 2. The average molecular weight is 629 g/mol. The molecule has 9 heteroatoms. The van der Waals surface area contributed by atoms with Gasteiger partial charge in [-0.1, -0.05) is 76.1 Å². The number of amides is 2.